The van der Waals surface area contributed by atoms with E-state index in [-0.39, 0.29) is 13.2 Å². The third-order valence-corrected chi connectivity index (χ3v) is 3.21. The van der Waals surface area contributed by atoms with E-state index in [0.29, 0.717) is 13.1 Å². The number of carbonyl (C=O) groups is 3. The molecular formula is C14H24N2O5. The van der Waals surface area contributed by atoms with Crippen LogP contribution in [0.3, 0.4) is 0 Å². The number of amides is 2. The number of ether oxygens (including phenoxy) is 2. The van der Waals surface area contributed by atoms with Crippen LogP contribution in [0.15, 0.2) is 0 Å². The Morgan fingerprint density at radius 1 is 0.952 bits per heavy atom. The van der Waals surface area contributed by atoms with Crippen molar-refractivity contribution < 1.29 is 23.9 Å². The lowest BCUT2D eigenvalue weighted by Gasteiger charge is -2.23. The summed E-state index contributed by atoms with van der Waals surface area (Å²) in [5.74, 6) is -1.58. The molecule has 7 nitrogen and oxygen atoms in total. The van der Waals surface area contributed by atoms with Crippen molar-refractivity contribution >= 4 is 18.0 Å². The fourth-order valence-electron chi connectivity index (χ4n) is 2.15. The maximum atomic E-state index is 12.2. The molecule has 0 aromatic heterocycles. The molecule has 0 aromatic carbocycles. The predicted octanol–water partition coefficient (Wildman–Crippen LogP) is 1.07. The first kappa shape index (κ1) is 17.3. The van der Waals surface area contributed by atoms with Crippen LogP contribution in [0.5, 0.6) is 0 Å². The number of rotatable bonds is 5. The van der Waals surface area contributed by atoms with Crippen molar-refractivity contribution in [3.63, 3.8) is 0 Å². The summed E-state index contributed by atoms with van der Waals surface area (Å²) < 4.78 is 9.62. The SMILES string of the molecule is CCOC(=O)C(NC(=O)N1CCCCCC1)C(=O)OCC. The number of carbonyl (C=O) groups excluding carboxylic acids is 3. The van der Waals surface area contributed by atoms with Crippen LogP contribution in [-0.4, -0.2) is 55.2 Å². The van der Waals surface area contributed by atoms with Gasteiger partial charge in [0.05, 0.1) is 13.2 Å². The van der Waals surface area contributed by atoms with Crippen LogP contribution in [0.25, 0.3) is 0 Å². The maximum Gasteiger partial charge on any atom is 0.340 e. The van der Waals surface area contributed by atoms with Gasteiger partial charge in [-0.05, 0) is 26.7 Å². The van der Waals surface area contributed by atoms with Gasteiger partial charge >= 0.3 is 18.0 Å². The first-order valence-corrected chi connectivity index (χ1v) is 7.48. The van der Waals surface area contributed by atoms with Crippen molar-refractivity contribution in [2.75, 3.05) is 26.3 Å². The lowest BCUT2D eigenvalue weighted by molar-refractivity contribution is -0.157. The lowest BCUT2D eigenvalue weighted by Crippen LogP contribution is -2.52. The monoisotopic (exact) mass is 300 g/mol. The summed E-state index contributed by atoms with van der Waals surface area (Å²) in [7, 11) is 0. The van der Waals surface area contributed by atoms with Crippen LogP contribution in [0, 0.1) is 0 Å². The molecule has 2 amide bonds. The van der Waals surface area contributed by atoms with E-state index in [1.807, 2.05) is 0 Å². The number of urea groups is 1. The van der Waals surface area contributed by atoms with Gasteiger partial charge in [0.15, 0.2) is 0 Å². The Morgan fingerprint density at radius 3 is 1.86 bits per heavy atom. The van der Waals surface area contributed by atoms with E-state index in [9.17, 15) is 14.4 Å². The minimum Gasteiger partial charge on any atom is -0.464 e. The number of esters is 2. The average molecular weight is 300 g/mol. The van der Waals surface area contributed by atoms with Crippen molar-refractivity contribution in [2.24, 2.45) is 0 Å². The summed E-state index contributed by atoms with van der Waals surface area (Å²) in [6.07, 6.45) is 4.03. The van der Waals surface area contributed by atoms with Crippen LogP contribution in [-0.2, 0) is 19.1 Å². The highest BCUT2D eigenvalue weighted by Gasteiger charge is 2.32. The maximum absolute atomic E-state index is 12.2. The standard InChI is InChI=1S/C14H24N2O5/c1-3-20-12(17)11(13(18)21-4-2)15-14(19)16-9-7-5-6-8-10-16/h11H,3-10H2,1-2H3,(H,15,19). The molecule has 0 aromatic rings. The molecule has 1 aliphatic rings. The number of hydrogen-bond donors (Lipinski definition) is 1. The number of likely N-dealkylation sites (tertiary alicyclic amines) is 1. The first-order valence-electron chi connectivity index (χ1n) is 7.48. The van der Waals surface area contributed by atoms with Crippen LogP contribution >= 0.6 is 0 Å². The zero-order chi connectivity index (χ0) is 15.7. The van der Waals surface area contributed by atoms with E-state index >= 15 is 0 Å². The van der Waals surface area contributed by atoms with Gasteiger partial charge in [0.1, 0.15) is 0 Å². The average Bonchev–Trinajstić information content (AvgIpc) is 2.74. The van der Waals surface area contributed by atoms with Gasteiger partial charge < -0.3 is 19.7 Å². The van der Waals surface area contributed by atoms with Crippen molar-refractivity contribution in [3.05, 3.63) is 0 Å². The molecule has 1 heterocycles. The highest BCUT2D eigenvalue weighted by molar-refractivity contribution is 6.02. The molecule has 1 N–H and O–H groups in total. The summed E-state index contributed by atoms with van der Waals surface area (Å²) in [6, 6.07) is -1.83. The normalized spacial score (nSPS) is 15.3. The smallest absolute Gasteiger partial charge is 0.340 e. The Labute approximate surface area is 124 Å². The van der Waals surface area contributed by atoms with Gasteiger partial charge in [-0.3, -0.25) is 0 Å². The van der Waals surface area contributed by atoms with Crippen LogP contribution in [0.1, 0.15) is 39.5 Å². The van der Waals surface area contributed by atoms with Gasteiger partial charge in [-0.25, -0.2) is 14.4 Å². The molecule has 0 aliphatic carbocycles. The van der Waals surface area contributed by atoms with Crippen molar-refractivity contribution in [1.29, 1.82) is 0 Å². The Hall–Kier alpha value is -1.79. The molecule has 1 rings (SSSR count). The van der Waals surface area contributed by atoms with Gasteiger partial charge in [-0.1, -0.05) is 12.8 Å². The Bertz CT molecular complexity index is 346. The van der Waals surface area contributed by atoms with Gasteiger partial charge in [-0.2, -0.15) is 0 Å². The molecule has 1 saturated heterocycles. The highest BCUT2D eigenvalue weighted by Crippen LogP contribution is 2.10. The number of nitrogens with one attached hydrogen (secondary N) is 1. The van der Waals surface area contributed by atoms with Crippen LogP contribution < -0.4 is 5.32 Å². The molecule has 0 spiro atoms. The molecule has 120 valence electrons. The van der Waals surface area contributed by atoms with E-state index in [2.05, 4.69) is 5.32 Å². The third kappa shape index (κ3) is 5.61. The Kier molecular flexibility index (Phi) is 7.56. The van der Waals surface area contributed by atoms with Crippen molar-refractivity contribution in [2.45, 2.75) is 45.6 Å². The predicted molar refractivity (Wildman–Crippen MR) is 75.6 cm³/mol. The van der Waals surface area contributed by atoms with Crippen LogP contribution in [0.2, 0.25) is 0 Å². The third-order valence-electron chi connectivity index (χ3n) is 3.21. The van der Waals surface area contributed by atoms with Crippen molar-refractivity contribution in [1.82, 2.24) is 10.2 Å². The van der Waals surface area contributed by atoms with Gasteiger partial charge in [0.2, 0.25) is 6.04 Å². The second-order valence-corrected chi connectivity index (χ2v) is 4.79. The molecule has 0 bridgehead atoms. The Morgan fingerprint density at radius 2 is 1.43 bits per heavy atom. The summed E-state index contributed by atoms with van der Waals surface area (Å²) in [4.78, 5) is 37.4. The van der Waals surface area contributed by atoms with Gasteiger partial charge in [0.25, 0.3) is 0 Å². The van der Waals surface area contributed by atoms with Crippen molar-refractivity contribution in [3.8, 4) is 0 Å². The summed E-state index contributed by atoms with van der Waals surface area (Å²) in [5, 5.41) is 2.42. The first-order chi connectivity index (χ1) is 10.1. The second kappa shape index (κ2) is 9.20. The number of hydrogen-bond acceptors (Lipinski definition) is 5. The second-order valence-electron chi connectivity index (χ2n) is 4.79. The molecule has 1 aliphatic heterocycles. The summed E-state index contributed by atoms with van der Waals surface area (Å²) in [6.45, 7) is 4.80. The van der Waals surface area contributed by atoms with E-state index in [4.69, 9.17) is 9.47 Å². The van der Waals surface area contributed by atoms with E-state index in [1.54, 1.807) is 18.7 Å². The minimum atomic E-state index is -1.40. The van der Waals surface area contributed by atoms with E-state index in [0.717, 1.165) is 25.7 Å². The zero-order valence-corrected chi connectivity index (χ0v) is 12.7. The molecular weight excluding hydrogens is 276 g/mol. The summed E-state index contributed by atoms with van der Waals surface area (Å²) in [5.41, 5.74) is 0. The lowest BCUT2D eigenvalue weighted by atomic mass is 10.2. The fourth-order valence-corrected chi connectivity index (χ4v) is 2.15. The molecule has 1 fully saturated rings. The van der Waals surface area contributed by atoms with E-state index in [1.165, 1.54) is 0 Å². The van der Waals surface area contributed by atoms with Gasteiger partial charge in [0, 0.05) is 13.1 Å². The number of nitrogens with zero attached hydrogens (tertiary/aromatic N) is 1. The van der Waals surface area contributed by atoms with Gasteiger partial charge in [-0.15, -0.1) is 0 Å². The quantitative estimate of drug-likeness (QED) is 0.606. The molecule has 0 unspecified atom stereocenters. The van der Waals surface area contributed by atoms with Crippen LogP contribution in [0.4, 0.5) is 4.79 Å². The highest BCUT2D eigenvalue weighted by atomic mass is 16.6. The topological polar surface area (TPSA) is 84.9 Å². The molecule has 21 heavy (non-hydrogen) atoms. The Balaban J connectivity index is 2.67. The van der Waals surface area contributed by atoms with E-state index < -0.39 is 24.0 Å². The molecule has 0 radical (unpaired) electrons. The summed E-state index contributed by atoms with van der Waals surface area (Å²) >= 11 is 0. The molecule has 7 heteroatoms. The molecule has 0 atom stereocenters. The largest absolute Gasteiger partial charge is 0.464 e. The fraction of sp³-hybridized carbons (Fsp3) is 0.786. The zero-order valence-electron chi connectivity index (χ0n) is 12.7. The molecule has 0 saturated carbocycles. The minimum absolute atomic E-state index is 0.133.